The fraction of sp³-hybridized carbons (Fsp3) is 0.154. The zero-order valence-electron chi connectivity index (χ0n) is 25.8. The summed E-state index contributed by atoms with van der Waals surface area (Å²) in [5.41, 5.74) is -1.12. The summed E-state index contributed by atoms with van der Waals surface area (Å²) in [6, 6.07) is 27.9. The van der Waals surface area contributed by atoms with E-state index in [9.17, 15) is 14.4 Å². The number of Topliss-reactive ketones (excluding diaryl/α,β-unsaturated/α-hetero) is 2. The zero-order valence-corrected chi connectivity index (χ0v) is 26.5. The van der Waals surface area contributed by atoms with Gasteiger partial charge in [0.25, 0.3) is 0 Å². The van der Waals surface area contributed by atoms with Gasteiger partial charge in [-0.2, -0.15) is 0 Å². The van der Waals surface area contributed by atoms with Gasteiger partial charge >= 0.3 is 5.97 Å². The molecule has 1 heterocycles. The maximum atomic E-state index is 15.1. The van der Waals surface area contributed by atoms with Gasteiger partial charge in [-0.05, 0) is 30.7 Å². The van der Waals surface area contributed by atoms with Gasteiger partial charge in [0.15, 0.2) is 22.8 Å². The maximum Gasteiger partial charge on any atom is 0.308 e. The first-order chi connectivity index (χ1) is 22.7. The zero-order chi connectivity index (χ0) is 33.3. The molecule has 234 valence electrons. The number of fused-ring (bicyclic) bond motifs is 3. The molecular weight excluding hydrogens is 614 g/mol. The minimum Gasteiger partial charge on any atom is -0.426 e. The van der Waals surface area contributed by atoms with Crippen molar-refractivity contribution in [1.82, 2.24) is 0 Å². The summed E-state index contributed by atoms with van der Waals surface area (Å²) < 4.78 is 5.91. The number of esters is 1. The minimum atomic E-state index is -2.21. The van der Waals surface area contributed by atoms with E-state index < -0.39 is 34.6 Å². The van der Waals surface area contributed by atoms with Crippen LogP contribution in [0.1, 0.15) is 68.9 Å². The molecule has 1 aliphatic carbocycles. The number of anilines is 1. The standard InChI is InChI=1S/C39H30ClNO6/c1-3-4-21-41-32-20-19-27(40)22-31(32)39(38(41)46)34(36(47-24(2)42)28-17-11-12-18-29(28)37(39)45)30(35(44)26-15-9-6-10-16-26)23-33(43)25-13-7-5-8-14-25/h5-20,22-23H,3-4,21H2,1-2H3/b30-23-/t39-/m0/s1. The predicted molar refractivity (Wildman–Crippen MR) is 179 cm³/mol. The lowest BCUT2D eigenvalue weighted by molar-refractivity contribution is -0.134. The van der Waals surface area contributed by atoms with Gasteiger partial charge in [-0.15, -0.1) is 0 Å². The first-order valence-corrected chi connectivity index (χ1v) is 15.7. The molecule has 1 spiro atoms. The second-order valence-electron chi connectivity index (χ2n) is 11.4. The third-order valence-electron chi connectivity index (χ3n) is 8.44. The van der Waals surface area contributed by atoms with Crippen LogP contribution in [0.2, 0.25) is 5.02 Å². The minimum absolute atomic E-state index is 0.130. The number of nitrogens with zero attached hydrogens (tertiary/aromatic N) is 1. The number of unbranched alkanes of at least 4 members (excludes halogenated alkanes) is 1. The van der Waals surface area contributed by atoms with E-state index in [2.05, 4.69) is 0 Å². The molecule has 0 N–H and O–H groups in total. The Morgan fingerprint density at radius 2 is 1.45 bits per heavy atom. The van der Waals surface area contributed by atoms with Crippen molar-refractivity contribution in [1.29, 1.82) is 0 Å². The Kier molecular flexibility index (Phi) is 8.58. The van der Waals surface area contributed by atoms with E-state index in [1.807, 2.05) is 6.92 Å². The molecule has 4 aromatic rings. The van der Waals surface area contributed by atoms with Crippen LogP contribution < -0.4 is 4.90 Å². The van der Waals surface area contributed by atoms with Gasteiger partial charge < -0.3 is 9.64 Å². The molecule has 0 unspecified atom stereocenters. The van der Waals surface area contributed by atoms with E-state index >= 15 is 9.59 Å². The fourth-order valence-corrected chi connectivity index (χ4v) is 6.53. The first-order valence-electron chi connectivity index (χ1n) is 15.3. The number of hydrogen-bond donors (Lipinski definition) is 0. The summed E-state index contributed by atoms with van der Waals surface area (Å²) >= 11 is 6.57. The number of carbonyl (C=O) groups is 5. The number of ketones is 3. The molecule has 47 heavy (non-hydrogen) atoms. The lowest BCUT2D eigenvalue weighted by Gasteiger charge is -2.37. The highest BCUT2D eigenvalue weighted by Gasteiger charge is 2.63. The third kappa shape index (κ3) is 5.32. The van der Waals surface area contributed by atoms with Crippen LogP contribution in [0.15, 0.2) is 120 Å². The van der Waals surface area contributed by atoms with Crippen LogP contribution in [-0.2, 0) is 19.7 Å². The smallest absolute Gasteiger partial charge is 0.308 e. The average molecular weight is 644 g/mol. The van der Waals surface area contributed by atoms with Crippen LogP contribution >= 0.6 is 11.6 Å². The Hall–Kier alpha value is -5.40. The second kappa shape index (κ2) is 12.8. The SMILES string of the molecule is CCCCN1C(=O)[C@@]2(C(=O)c3ccccc3C(OC(C)=O)=C2/C(=C/C(=O)c2ccccc2)C(=O)c2ccccc2)c2cc(Cl)ccc21. The molecule has 6 rings (SSSR count). The van der Waals surface area contributed by atoms with E-state index in [4.69, 9.17) is 16.3 Å². The van der Waals surface area contributed by atoms with Crippen molar-refractivity contribution in [2.45, 2.75) is 32.1 Å². The number of hydrogen-bond acceptors (Lipinski definition) is 6. The van der Waals surface area contributed by atoms with Gasteiger partial charge in [0.2, 0.25) is 5.91 Å². The molecule has 0 fully saturated rings. The summed E-state index contributed by atoms with van der Waals surface area (Å²) in [6.07, 6.45) is 2.53. The van der Waals surface area contributed by atoms with Crippen LogP contribution in [-0.4, -0.2) is 35.8 Å². The molecule has 0 bridgehead atoms. The Morgan fingerprint density at radius 1 is 0.830 bits per heavy atom. The topological polar surface area (TPSA) is 97.8 Å². The molecule has 0 saturated carbocycles. The van der Waals surface area contributed by atoms with Crippen molar-refractivity contribution < 1.29 is 28.7 Å². The molecule has 0 aromatic heterocycles. The van der Waals surface area contributed by atoms with Crippen LogP contribution in [0.4, 0.5) is 5.69 Å². The molecule has 1 aliphatic heterocycles. The monoisotopic (exact) mass is 643 g/mol. The van der Waals surface area contributed by atoms with E-state index in [-0.39, 0.29) is 56.3 Å². The van der Waals surface area contributed by atoms with Crippen molar-refractivity contribution in [3.8, 4) is 0 Å². The lowest BCUT2D eigenvalue weighted by atomic mass is 9.62. The summed E-state index contributed by atoms with van der Waals surface area (Å²) in [5, 5.41) is 0.258. The van der Waals surface area contributed by atoms with Crippen molar-refractivity contribution in [2.75, 3.05) is 11.4 Å². The number of rotatable bonds is 9. The quantitative estimate of drug-likeness (QED) is 0.0807. The van der Waals surface area contributed by atoms with Gasteiger partial charge in [0.1, 0.15) is 5.76 Å². The van der Waals surface area contributed by atoms with Crippen LogP contribution in [0.5, 0.6) is 0 Å². The predicted octanol–water partition coefficient (Wildman–Crippen LogP) is 7.59. The molecule has 7 nitrogen and oxygen atoms in total. The molecule has 8 heteroatoms. The second-order valence-corrected chi connectivity index (χ2v) is 11.8. The number of benzene rings is 4. The number of ether oxygens (including phenoxy) is 1. The molecule has 1 amide bonds. The Labute approximate surface area is 277 Å². The molecule has 0 saturated heterocycles. The van der Waals surface area contributed by atoms with E-state index in [1.54, 1.807) is 103 Å². The first kappa shape index (κ1) is 31.6. The van der Waals surface area contributed by atoms with Crippen LogP contribution in [0, 0.1) is 0 Å². The Morgan fingerprint density at radius 3 is 2.09 bits per heavy atom. The van der Waals surface area contributed by atoms with Crippen LogP contribution in [0.25, 0.3) is 5.76 Å². The van der Waals surface area contributed by atoms with Crippen molar-refractivity contribution in [3.05, 3.63) is 153 Å². The van der Waals surface area contributed by atoms with Crippen molar-refractivity contribution in [3.63, 3.8) is 0 Å². The fourth-order valence-electron chi connectivity index (χ4n) is 6.36. The Balaban J connectivity index is 1.78. The Bertz CT molecular complexity index is 2010. The number of amides is 1. The van der Waals surface area contributed by atoms with E-state index in [0.717, 1.165) is 12.5 Å². The summed E-state index contributed by atoms with van der Waals surface area (Å²) in [6.45, 7) is 3.47. The van der Waals surface area contributed by atoms with Gasteiger partial charge in [-0.1, -0.05) is 110 Å². The normalized spacial score (nSPS) is 17.1. The number of allylic oxidation sites excluding steroid dienone is 2. The number of halogens is 1. The molecule has 4 aromatic carbocycles. The molecule has 1 atom stereocenters. The van der Waals surface area contributed by atoms with Crippen molar-refractivity contribution in [2.24, 2.45) is 0 Å². The molecule has 2 aliphatic rings. The number of carbonyl (C=O) groups excluding carboxylic acids is 5. The average Bonchev–Trinajstić information content (AvgIpc) is 3.32. The van der Waals surface area contributed by atoms with Gasteiger partial charge in [-0.25, -0.2) is 0 Å². The maximum absolute atomic E-state index is 15.1. The summed E-state index contributed by atoms with van der Waals surface area (Å²) in [5.74, 6) is -3.31. The van der Waals surface area contributed by atoms with E-state index in [1.165, 1.54) is 11.8 Å². The van der Waals surface area contributed by atoms with Gasteiger partial charge in [0, 0.05) is 63.1 Å². The van der Waals surface area contributed by atoms with Gasteiger partial charge in [0.05, 0.1) is 0 Å². The van der Waals surface area contributed by atoms with Gasteiger partial charge in [-0.3, -0.25) is 24.0 Å². The molecule has 0 radical (unpaired) electrons. The molecular formula is C39H30ClNO6. The third-order valence-corrected chi connectivity index (χ3v) is 8.68. The van der Waals surface area contributed by atoms with E-state index in [0.29, 0.717) is 12.1 Å². The van der Waals surface area contributed by atoms with Crippen molar-refractivity contribution >= 4 is 52.3 Å². The highest BCUT2D eigenvalue weighted by atomic mass is 35.5. The van der Waals surface area contributed by atoms with Crippen LogP contribution in [0.3, 0.4) is 0 Å². The largest absolute Gasteiger partial charge is 0.426 e. The highest BCUT2D eigenvalue weighted by Crippen LogP contribution is 2.56. The highest BCUT2D eigenvalue weighted by molar-refractivity contribution is 6.36. The summed E-state index contributed by atoms with van der Waals surface area (Å²) in [4.78, 5) is 73.2. The summed E-state index contributed by atoms with van der Waals surface area (Å²) in [7, 11) is 0. The lowest BCUT2D eigenvalue weighted by Crippen LogP contribution is -2.51.